The van der Waals surface area contributed by atoms with E-state index in [4.69, 9.17) is 11.6 Å². The second-order valence-corrected chi connectivity index (χ2v) is 5.12. The van der Waals surface area contributed by atoms with Crippen molar-refractivity contribution in [2.24, 2.45) is 0 Å². The van der Waals surface area contributed by atoms with Crippen LogP contribution >= 0.6 is 22.9 Å². The average molecular weight is 246 g/mol. The van der Waals surface area contributed by atoms with E-state index in [0.717, 1.165) is 37.1 Å². The molecule has 1 aliphatic heterocycles. The Hall–Kier alpha value is -0.680. The highest BCUT2D eigenvalue weighted by atomic mass is 35.5. The number of carbonyl (C=O) groups excluding carboxylic acids is 1. The summed E-state index contributed by atoms with van der Waals surface area (Å²) in [5, 5.41) is 7.82. The zero-order valence-corrected chi connectivity index (χ0v) is 10.0. The highest BCUT2D eigenvalue weighted by Gasteiger charge is 2.29. The molecular weight excluding hydrogens is 234 g/mol. The number of hydrogen-bond donors (Lipinski definition) is 0. The van der Waals surface area contributed by atoms with Crippen molar-refractivity contribution in [2.75, 3.05) is 6.54 Å². The van der Waals surface area contributed by atoms with Crippen LogP contribution in [0.25, 0.3) is 0 Å². The molecule has 0 spiro atoms. The molecule has 1 aromatic heterocycles. The number of amides is 1. The van der Waals surface area contributed by atoms with Crippen molar-refractivity contribution in [3.8, 4) is 0 Å². The quantitative estimate of drug-likeness (QED) is 0.803. The summed E-state index contributed by atoms with van der Waals surface area (Å²) in [6.45, 7) is 2.93. The summed E-state index contributed by atoms with van der Waals surface area (Å²) < 4.78 is 0.325. The van der Waals surface area contributed by atoms with E-state index >= 15 is 0 Å². The Morgan fingerprint density at radius 2 is 2.47 bits per heavy atom. The van der Waals surface area contributed by atoms with Crippen LogP contribution in [0.1, 0.15) is 36.0 Å². The average Bonchev–Trinajstić information content (AvgIpc) is 2.84. The first kappa shape index (κ1) is 10.8. The van der Waals surface area contributed by atoms with Gasteiger partial charge < -0.3 is 4.90 Å². The minimum Gasteiger partial charge on any atom is -0.334 e. The summed E-state index contributed by atoms with van der Waals surface area (Å²) in [6, 6.07) is 0.361. The SMILES string of the molecule is CCC1CCCN1C(=O)c1nnc(Cl)s1. The van der Waals surface area contributed by atoms with Crippen LogP contribution < -0.4 is 0 Å². The van der Waals surface area contributed by atoms with E-state index < -0.39 is 0 Å². The van der Waals surface area contributed by atoms with E-state index in [9.17, 15) is 4.79 Å². The Kier molecular flexibility index (Phi) is 3.21. The molecule has 0 radical (unpaired) electrons. The number of aromatic nitrogens is 2. The van der Waals surface area contributed by atoms with Gasteiger partial charge in [0.25, 0.3) is 5.91 Å². The summed E-state index contributed by atoms with van der Waals surface area (Å²) in [5.41, 5.74) is 0. The van der Waals surface area contributed by atoms with Gasteiger partial charge in [0.05, 0.1) is 0 Å². The van der Waals surface area contributed by atoms with Gasteiger partial charge in [-0.1, -0.05) is 18.3 Å². The van der Waals surface area contributed by atoms with Crippen LogP contribution in [0.5, 0.6) is 0 Å². The van der Waals surface area contributed by atoms with Crippen molar-refractivity contribution < 1.29 is 4.79 Å². The molecule has 1 aliphatic rings. The Balaban J connectivity index is 2.13. The summed E-state index contributed by atoms with van der Waals surface area (Å²) in [5.74, 6) is -0.0243. The molecule has 0 aromatic carbocycles. The van der Waals surface area contributed by atoms with Gasteiger partial charge in [-0.25, -0.2) is 0 Å². The minimum absolute atomic E-state index is 0.0243. The Morgan fingerprint density at radius 3 is 3.07 bits per heavy atom. The molecule has 0 aliphatic carbocycles. The van der Waals surface area contributed by atoms with Gasteiger partial charge in [-0.05, 0) is 30.9 Å². The molecule has 2 rings (SSSR count). The van der Waals surface area contributed by atoms with Crippen molar-refractivity contribution in [1.29, 1.82) is 0 Å². The molecule has 6 heteroatoms. The second-order valence-electron chi connectivity index (χ2n) is 3.56. The Bertz CT molecular complexity index is 368. The number of rotatable bonds is 2. The number of halogens is 1. The van der Waals surface area contributed by atoms with Gasteiger partial charge in [-0.15, -0.1) is 10.2 Å². The molecule has 2 heterocycles. The monoisotopic (exact) mass is 245 g/mol. The van der Waals surface area contributed by atoms with Gasteiger partial charge in [0.1, 0.15) is 0 Å². The molecule has 0 N–H and O–H groups in total. The minimum atomic E-state index is -0.0243. The molecule has 1 aromatic rings. The first-order valence-electron chi connectivity index (χ1n) is 5.02. The lowest BCUT2D eigenvalue weighted by molar-refractivity contribution is 0.0732. The van der Waals surface area contributed by atoms with Crippen LogP contribution in [0.2, 0.25) is 4.47 Å². The molecule has 0 bridgehead atoms. The fourth-order valence-electron chi connectivity index (χ4n) is 1.94. The third kappa shape index (κ3) is 2.13. The van der Waals surface area contributed by atoms with E-state index in [0.29, 0.717) is 15.5 Å². The van der Waals surface area contributed by atoms with E-state index in [1.54, 1.807) is 0 Å². The molecule has 0 saturated carbocycles. The van der Waals surface area contributed by atoms with Gasteiger partial charge in [0.15, 0.2) is 0 Å². The summed E-state index contributed by atoms with van der Waals surface area (Å²) in [4.78, 5) is 13.9. The Morgan fingerprint density at radius 1 is 1.67 bits per heavy atom. The van der Waals surface area contributed by atoms with Crippen LogP contribution in [-0.4, -0.2) is 33.6 Å². The van der Waals surface area contributed by atoms with Crippen molar-refractivity contribution in [1.82, 2.24) is 15.1 Å². The molecule has 1 saturated heterocycles. The van der Waals surface area contributed by atoms with Crippen molar-refractivity contribution in [2.45, 2.75) is 32.2 Å². The first-order chi connectivity index (χ1) is 7.22. The maximum absolute atomic E-state index is 12.0. The predicted molar refractivity (Wildman–Crippen MR) is 59.3 cm³/mol. The summed E-state index contributed by atoms with van der Waals surface area (Å²) in [6.07, 6.45) is 3.17. The number of nitrogens with zero attached hydrogens (tertiary/aromatic N) is 3. The largest absolute Gasteiger partial charge is 0.334 e. The highest BCUT2D eigenvalue weighted by Crippen LogP contribution is 2.24. The van der Waals surface area contributed by atoms with Crippen LogP contribution in [0.3, 0.4) is 0 Å². The van der Waals surface area contributed by atoms with Crippen molar-refractivity contribution in [3.05, 3.63) is 9.47 Å². The molecule has 82 valence electrons. The van der Waals surface area contributed by atoms with Gasteiger partial charge in [0.2, 0.25) is 9.47 Å². The van der Waals surface area contributed by atoms with Crippen LogP contribution in [0, 0.1) is 0 Å². The predicted octanol–water partition coefficient (Wildman–Crippen LogP) is 2.21. The normalized spacial score (nSPS) is 20.9. The topological polar surface area (TPSA) is 46.1 Å². The van der Waals surface area contributed by atoms with E-state index in [2.05, 4.69) is 17.1 Å². The zero-order valence-electron chi connectivity index (χ0n) is 8.44. The van der Waals surface area contributed by atoms with Crippen molar-refractivity contribution in [3.63, 3.8) is 0 Å². The zero-order chi connectivity index (χ0) is 10.8. The van der Waals surface area contributed by atoms with E-state index in [1.807, 2.05) is 4.90 Å². The number of carbonyl (C=O) groups is 1. The summed E-state index contributed by atoms with van der Waals surface area (Å²) in [7, 11) is 0. The van der Waals surface area contributed by atoms with Crippen LogP contribution in [0.15, 0.2) is 0 Å². The molecule has 1 fully saturated rings. The maximum Gasteiger partial charge on any atom is 0.285 e. The number of hydrogen-bond acceptors (Lipinski definition) is 4. The van der Waals surface area contributed by atoms with Crippen molar-refractivity contribution >= 4 is 28.8 Å². The lowest BCUT2D eigenvalue weighted by Crippen LogP contribution is -2.35. The van der Waals surface area contributed by atoms with Gasteiger partial charge in [-0.2, -0.15) is 0 Å². The highest BCUT2D eigenvalue weighted by molar-refractivity contribution is 7.17. The second kappa shape index (κ2) is 4.45. The lowest BCUT2D eigenvalue weighted by atomic mass is 10.2. The molecule has 1 unspecified atom stereocenters. The van der Waals surface area contributed by atoms with E-state index in [-0.39, 0.29) is 5.91 Å². The molecular formula is C9H12ClN3OS. The van der Waals surface area contributed by atoms with Crippen LogP contribution in [-0.2, 0) is 0 Å². The Labute approximate surface area is 97.3 Å². The van der Waals surface area contributed by atoms with Gasteiger partial charge in [0, 0.05) is 12.6 Å². The molecule has 1 amide bonds. The molecule has 1 atom stereocenters. The van der Waals surface area contributed by atoms with E-state index in [1.165, 1.54) is 0 Å². The van der Waals surface area contributed by atoms with Gasteiger partial charge in [-0.3, -0.25) is 4.79 Å². The van der Waals surface area contributed by atoms with Gasteiger partial charge >= 0.3 is 0 Å². The fourth-order valence-corrected chi connectivity index (χ4v) is 2.73. The maximum atomic E-state index is 12.0. The third-order valence-corrected chi connectivity index (χ3v) is 3.70. The smallest absolute Gasteiger partial charge is 0.285 e. The summed E-state index contributed by atoms with van der Waals surface area (Å²) >= 11 is 6.80. The molecule has 4 nitrogen and oxygen atoms in total. The standard InChI is InChI=1S/C9H12ClN3OS/c1-2-6-4-3-5-13(6)8(14)7-11-12-9(10)15-7/h6H,2-5H2,1H3. The lowest BCUT2D eigenvalue weighted by Gasteiger charge is -2.21. The first-order valence-corrected chi connectivity index (χ1v) is 6.21. The number of likely N-dealkylation sites (tertiary alicyclic amines) is 1. The van der Waals surface area contributed by atoms with Crippen LogP contribution in [0.4, 0.5) is 0 Å². The fraction of sp³-hybridized carbons (Fsp3) is 0.667. The third-order valence-electron chi connectivity index (χ3n) is 2.69. The molecule has 15 heavy (non-hydrogen) atoms.